The second kappa shape index (κ2) is 9.00. The van der Waals surface area contributed by atoms with Gasteiger partial charge >= 0.3 is 6.18 Å². The summed E-state index contributed by atoms with van der Waals surface area (Å²) in [4.78, 5) is 4.08. The van der Waals surface area contributed by atoms with Crippen LogP contribution in [-0.2, 0) is 6.42 Å². The lowest BCUT2D eigenvalue weighted by molar-refractivity contribution is -0.183. The molecule has 1 aliphatic carbocycles. The van der Waals surface area contributed by atoms with Crippen LogP contribution in [-0.4, -0.2) is 44.0 Å². The molecule has 5 nitrogen and oxygen atoms in total. The number of aliphatic imine (C=N–C) groups is 1. The van der Waals surface area contributed by atoms with Crippen molar-refractivity contribution in [2.45, 2.75) is 44.3 Å². The first-order valence-electron chi connectivity index (χ1n) is 8.73. The molecule has 8 heteroatoms. The van der Waals surface area contributed by atoms with Gasteiger partial charge in [0, 0.05) is 25.7 Å². The van der Waals surface area contributed by atoms with Gasteiger partial charge in [0.15, 0.2) is 5.96 Å². The number of hydrogen-bond acceptors (Lipinski definition) is 3. The zero-order valence-electron chi connectivity index (χ0n) is 15.1. The second-order valence-corrected chi connectivity index (χ2v) is 6.49. The fraction of sp³-hybridized carbons (Fsp3) is 0.611. The summed E-state index contributed by atoms with van der Waals surface area (Å²) in [5, 5.41) is 16.1. The third kappa shape index (κ3) is 5.71. The Morgan fingerprint density at radius 2 is 2.12 bits per heavy atom. The Morgan fingerprint density at radius 1 is 1.35 bits per heavy atom. The Morgan fingerprint density at radius 3 is 2.73 bits per heavy atom. The van der Waals surface area contributed by atoms with E-state index in [1.165, 1.54) is 7.11 Å². The molecule has 1 aromatic rings. The molecule has 0 amide bonds. The Labute approximate surface area is 151 Å². The van der Waals surface area contributed by atoms with Crippen LogP contribution in [0.3, 0.4) is 0 Å². The van der Waals surface area contributed by atoms with E-state index in [9.17, 15) is 18.3 Å². The lowest BCUT2D eigenvalue weighted by atomic mass is 9.85. The number of guanidine groups is 1. The fourth-order valence-electron chi connectivity index (χ4n) is 3.20. The minimum Gasteiger partial charge on any atom is -0.508 e. The molecule has 0 spiro atoms. The maximum absolute atomic E-state index is 12.9. The quantitative estimate of drug-likeness (QED) is 0.548. The number of nitrogens with one attached hydrogen (secondary N) is 2. The molecule has 26 heavy (non-hydrogen) atoms. The molecule has 1 saturated carbocycles. The van der Waals surface area contributed by atoms with Gasteiger partial charge in [-0.1, -0.05) is 12.5 Å². The zero-order valence-corrected chi connectivity index (χ0v) is 15.1. The van der Waals surface area contributed by atoms with Gasteiger partial charge in [-0.2, -0.15) is 13.2 Å². The van der Waals surface area contributed by atoms with Crippen molar-refractivity contribution < 1.29 is 23.0 Å². The Hall–Kier alpha value is -2.12. The number of alkyl halides is 3. The summed E-state index contributed by atoms with van der Waals surface area (Å²) in [7, 11) is 3.12. The summed E-state index contributed by atoms with van der Waals surface area (Å²) in [5.74, 6) is -0.0449. The van der Waals surface area contributed by atoms with E-state index < -0.39 is 12.1 Å². The molecule has 0 radical (unpaired) electrons. The van der Waals surface area contributed by atoms with E-state index in [2.05, 4.69) is 15.6 Å². The van der Waals surface area contributed by atoms with Crippen LogP contribution in [0.25, 0.3) is 0 Å². The van der Waals surface area contributed by atoms with E-state index in [1.54, 1.807) is 25.2 Å². The van der Waals surface area contributed by atoms with Crippen molar-refractivity contribution >= 4 is 5.96 Å². The molecular weight excluding hydrogens is 347 g/mol. The molecule has 0 saturated heterocycles. The van der Waals surface area contributed by atoms with Crippen molar-refractivity contribution in [2.24, 2.45) is 10.9 Å². The molecule has 1 aromatic carbocycles. The van der Waals surface area contributed by atoms with Crippen molar-refractivity contribution in [3.63, 3.8) is 0 Å². The normalized spacial score (nSPS) is 21.3. The summed E-state index contributed by atoms with van der Waals surface area (Å²) < 4.78 is 43.8. The monoisotopic (exact) mass is 373 g/mol. The van der Waals surface area contributed by atoms with E-state index in [0.29, 0.717) is 37.5 Å². The molecule has 1 aliphatic rings. The number of methoxy groups -OCH3 is 1. The van der Waals surface area contributed by atoms with E-state index in [1.807, 2.05) is 0 Å². The van der Waals surface area contributed by atoms with Gasteiger partial charge in [0.05, 0.1) is 13.0 Å². The molecule has 2 unspecified atom stereocenters. The molecule has 2 rings (SSSR count). The van der Waals surface area contributed by atoms with Gasteiger partial charge < -0.3 is 20.5 Å². The average molecular weight is 373 g/mol. The molecule has 0 heterocycles. The fourth-order valence-corrected chi connectivity index (χ4v) is 3.20. The molecule has 0 bridgehead atoms. The number of phenols is 1. The first-order chi connectivity index (χ1) is 12.3. The number of benzene rings is 1. The lowest BCUT2D eigenvalue weighted by Crippen LogP contribution is -2.47. The highest BCUT2D eigenvalue weighted by Gasteiger charge is 2.42. The van der Waals surface area contributed by atoms with Crippen molar-refractivity contribution in [1.29, 1.82) is 0 Å². The zero-order chi connectivity index (χ0) is 19.2. The third-order valence-electron chi connectivity index (χ3n) is 4.68. The third-order valence-corrected chi connectivity index (χ3v) is 4.68. The van der Waals surface area contributed by atoms with Gasteiger partial charge in [0.2, 0.25) is 0 Å². The highest BCUT2D eigenvalue weighted by molar-refractivity contribution is 5.80. The Balaban J connectivity index is 1.82. The SMILES string of the molecule is CN=C(NCCc1ccc(OC)cc1O)NC1CCCC(C(F)(F)F)C1. The van der Waals surface area contributed by atoms with E-state index >= 15 is 0 Å². The van der Waals surface area contributed by atoms with Crippen molar-refractivity contribution in [1.82, 2.24) is 10.6 Å². The first-order valence-corrected chi connectivity index (χ1v) is 8.73. The molecule has 1 fully saturated rings. The smallest absolute Gasteiger partial charge is 0.391 e. The number of rotatable bonds is 5. The Bertz CT molecular complexity index is 620. The largest absolute Gasteiger partial charge is 0.508 e. The predicted molar refractivity (Wildman–Crippen MR) is 94.7 cm³/mol. The summed E-state index contributed by atoms with van der Waals surface area (Å²) in [6.45, 7) is 0.495. The number of nitrogens with zero attached hydrogens (tertiary/aromatic N) is 1. The van der Waals surface area contributed by atoms with Gasteiger partial charge in [-0.3, -0.25) is 4.99 Å². The summed E-state index contributed by atoms with van der Waals surface area (Å²) in [6, 6.07) is 4.85. The highest BCUT2D eigenvalue weighted by atomic mass is 19.4. The van der Waals surface area contributed by atoms with Crippen LogP contribution < -0.4 is 15.4 Å². The van der Waals surface area contributed by atoms with Crippen molar-refractivity contribution in [3.8, 4) is 11.5 Å². The minimum absolute atomic E-state index is 0.0729. The Kier molecular flexibility index (Phi) is 6.99. The number of ether oxygens (including phenoxy) is 1. The van der Waals surface area contributed by atoms with E-state index in [4.69, 9.17) is 4.74 Å². The summed E-state index contributed by atoms with van der Waals surface area (Å²) in [6.07, 6.45) is -2.06. The van der Waals surface area contributed by atoms with Crippen LogP contribution in [0.4, 0.5) is 13.2 Å². The van der Waals surface area contributed by atoms with Crippen molar-refractivity contribution in [3.05, 3.63) is 23.8 Å². The van der Waals surface area contributed by atoms with Crippen LogP contribution in [0.5, 0.6) is 11.5 Å². The van der Waals surface area contributed by atoms with Crippen LogP contribution in [0.15, 0.2) is 23.2 Å². The molecular formula is C18H26F3N3O2. The molecule has 2 atom stereocenters. The number of halogens is 3. The molecule has 146 valence electrons. The number of hydrogen-bond donors (Lipinski definition) is 3. The van der Waals surface area contributed by atoms with Gasteiger partial charge in [-0.25, -0.2) is 0 Å². The molecule has 0 aromatic heterocycles. The van der Waals surface area contributed by atoms with Crippen molar-refractivity contribution in [2.75, 3.05) is 20.7 Å². The molecule has 0 aliphatic heterocycles. The standard InChI is InChI=1S/C18H26F3N3O2/c1-22-17(24-14-5-3-4-13(10-14)18(19,20)21)23-9-8-12-6-7-15(26-2)11-16(12)25/h6-7,11,13-14,25H,3-5,8-10H2,1-2H3,(H2,22,23,24). The van der Waals surface area contributed by atoms with Crippen LogP contribution in [0, 0.1) is 5.92 Å². The average Bonchev–Trinajstić information content (AvgIpc) is 2.61. The second-order valence-electron chi connectivity index (χ2n) is 6.49. The lowest BCUT2D eigenvalue weighted by Gasteiger charge is -2.31. The molecule has 3 N–H and O–H groups in total. The van der Waals surface area contributed by atoms with Gasteiger partial charge in [-0.15, -0.1) is 0 Å². The van der Waals surface area contributed by atoms with Gasteiger partial charge in [-0.05, 0) is 37.3 Å². The minimum atomic E-state index is -4.14. The van der Waals surface area contributed by atoms with E-state index in [-0.39, 0.29) is 24.6 Å². The predicted octanol–water partition coefficient (Wildman–Crippen LogP) is 3.23. The van der Waals surface area contributed by atoms with Gasteiger partial charge in [0.25, 0.3) is 0 Å². The number of phenolic OH excluding ortho intramolecular Hbond substituents is 1. The number of aromatic hydroxyl groups is 1. The van der Waals surface area contributed by atoms with Gasteiger partial charge in [0.1, 0.15) is 11.5 Å². The highest BCUT2D eigenvalue weighted by Crippen LogP contribution is 2.37. The summed E-state index contributed by atoms with van der Waals surface area (Å²) in [5.41, 5.74) is 0.753. The topological polar surface area (TPSA) is 65.9 Å². The van der Waals surface area contributed by atoms with E-state index in [0.717, 1.165) is 5.56 Å². The first kappa shape index (κ1) is 20.2. The van der Waals surface area contributed by atoms with Crippen LogP contribution >= 0.6 is 0 Å². The van der Waals surface area contributed by atoms with Crippen LogP contribution in [0.1, 0.15) is 31.2 Å². The maximum atomic E-state index is 12.9. The van der Waals surface area contributed by atoms with Crippen LogP contribution in [0.2, 0.25) is 0 Å². The summed E-state index contributed by atoms with van der Waals surface area (Å²) >= 11 is 0. The maximum Gasteiger partial charge on any atom is 0.391 e.